The van der Waals surface area contributed by atoms with Gasteiger partial charge in [-0.2, -0.15) is 0 Å². The Balaban J connectivity index is 1.98. The first-order valence-corrected chi connectivity index (χ1v) is 5.88. The molecular formula is C11H22N2O2. The number of piperidine rings is 1. The van der Waals surface area contributed by atoms with Crippen LogP contribution in [0.15, 0.2) is 0 Å². The largest absolute Gasteiger partial charge is 0.480 e. The minimum absolute atomic E-state index is 0.425. The predicted octanol–water partition coefficient (Wildman–Crippen LogP) is 0.925. The first-order valence-electron chi connectivity index (χ1n) is 5.88. The molecule has 15 heavy (non-hydrogen) atoms. The van der Waals surface area contributed by atoms with Crippen LogP contribution < -0.4 is 5.32 Å². The van der Waals surface area contributed by atoms with E-state index in [1.54, 1.807) is 6.92 Å². The molecule has 0 aromatic heterocycles. The van der Waals surface area contributed by atoms with Gasteiger partial charge in [-0.15, -0.1) is 0 Å². The lowest BCUT2D eigenvalue weighted by atomic mass is 10.1. The molecule has 0 aromatic carbocycles. The minimum Gasteiger partial charge on any atom is -0.480 e. The summed E-state index contributed by atoms with van der Waals surface area (Å²) in [5, 5.41) is 11.7. The van der Waals surface area contributed by atoms with E-state index in [1.165, 1.54) is 32.4 Å². The lowest BCUT2D eigenvalue weighted by Crippen LogP contribution is -2.37. The van der Waals surface area contributed by atoms with Crippen molar-refractivity contribution in [2.45, 2.75) is 38.6 Å². The molecule has 1 saturated heterocycles. The van der Waals surface area contributed by atoms with Crippen molar-refractivity contribution in [2.75, 3.05) is 26.2 Å². The maximum absolute atomic E-state index is 10.5. The van der Waals surface area contributed by atoms with Crippen LogP contribution in [0.2, 0.25) is 0 Å². The van der Waals surface area contributed by atoms with Crippen molar-refractivity contribution in [3.8, 4) is 0 Å². The molecule has 0 aromatic rings. The first-order chi connectivity index (χ1) is 7.20. The van der Waals surface area contributed by atoms with Gasteiger partial charge in [0.1, 0.15) is 6.04 Å². The highest BCUT2D eigenvalue weighted by Crippen LogP contribution is 2.08. The lowest BCUT2D eigenvalue weighted by molar-refractivity contribution is -0.138. The lowest BCUT2D eigenvalue weighted by Gasteiger charge is -2.26. The summed E-state index contributed by atoms with van der Waals surface area (Å²) in [6.07, 6.45) is 5.04. The number of nitrogens with one attached hydrogen (secondary N) is 1. The van der Waals surface area contributed by atoms with E-state index in [2.05, 4.69) is 10.2 Å². The van der Waals surface area contributed by atoms with E-state index < -0.39 is 12.0 Å². The number of hydrogen-bond donors (Lipinski definition) is 2. The van der Waals surface area contributed by atoms with E-state index in [1.807, 2.05) is 0 Å². The molecule has 1 aliphatic rings. The Kier molecular flexibility index (Phi) is 5.65. The van der Waals surface area contributed by atoms with Crippen LogP contribution in [-0.4, -0.2) is 48.2 Å². The van der Waals surface area contributed by atoms with Crippen molar-refractivity contribution in [3.63, 3.8) is 0 Å². The van der Waals surface area contributed by atoms with Gasteiger partial charge in [-0.05, 0) is 52.4 Å². The zero-order chi connectivity index (χ0) is 11.1. The van der Waals surface area contributed by atoms with Crippen LogP contribution in [0.5, 0.6) is 0 Å². The summed E-state index contributed by atoms with van der Waals surface area (Å²) < 4.78 is 0. The molecule has 4 heteroatoms. The van der Waals surface area contributed by atoms with Gasteiger partial charge < -0.3 is 15.3 Å². The van der Waals surface area contributed by atoms with Crippen LogP contribution in [0.1, 0.15) is 32.6 Å². The number of rotatable bonds is 6. The number of aliphatic carboxylic acids is 1. The molecule has 1 heterocycles. The molecule has 0 aliphatic carbocycles. The molecule has 1 fully saturated rings. The molecule has 1 atom stereocenters. The van der Waals surface area contributed by atoms with Crippen molar-refractivity contribution >= 4 is 5.97 Å². The topological polar surface area (TPSA) is 52.6 Å². The second kappa shape index (κ2) is 6.80. The van der Waals surface area contributed by atoms with Crippen molar-refractivity contribution < 1.29 is 9.90 Å². The Bertz CT molecular complexity index is 191. The van der Waals surface area contributed by atoms with Crippen molar-refractivity contribution in [1.82, 2.24) is 10.2 Å². The summed E-state index contributed by atoms with van der Waals surface area (Å²) in [5.74, 6) is -0.770. The smallest absolute Gasteiger partial charge is 0.320 e. The third-order valence-electron chi connectivity index (χ3n) is 2.92. The predicted molar refractivity (Wildman–Crippen MR) is 60.0 cm³/mol. The Morgan fingerprint density at radius 1 is 1.40 bits per heavy atom. The van der Waals surface area contributed by atoms with Crippen molar-refractivity contribution in [3.05, 3.63) is 0 Å². The van der Waals surface area contributed by atoms with E-state index in [-0.39, 0.29) is 0 Å². The molecular weight excluding hydrogens is 192 g/mol. The molecule has 0 saturated carbocycles. The van der Waals surface area contributed by atoms with E-state index in [0.717, 1.165) is 19.5 Å². The summed E-state index contributed by atoms with van der Waals surface area (Å²) in [5.41, 5.74) is 0. The van der Waals surface area contributed by atoms with E-state index in [9.17, 15) is 4.79 Å². The van der Waals surface area contributed by atoms with Gasteiger partial charge in [-0.1, -0.05) is 6.42 Å². The fraction of sp³-hybridized carbons (Fsp3) is 0.909. The summed E-state index contributed by atoms with van der Waals surface area (Å²) >= 11 is 0. The molecule has 1 aliphatic heterocycles. The number of likely N-dealkylation sites (tertiary alicyclic amines) is 1. The van der Waals surface area contributed by atoms with Crippen molar-refractivity contribution in [1.29, 1.82) is 0 Å². The number of carboxylic acid groups (broad SMARTS) is 1. The van der Waals surface area contributed by atoms with Gasteiger partial charge in [0.05, 0.1) is 0 Å². The van der Waals surface area contributed by atoms with Crippen molar-refractivity contribution in [2.24, 2.45) is 0 Å². The summed E-state index contributed by atoms with van der Waals surface area (Å²) in [4.78, 5) is 13.0. The maximum Gasteiger partial charge on any atom is 0.320 e. The molecule has 4 nitrogen and oxygen atoms in total. The zero-order valence-electron chi connectivity index (χ0n) is 9.54. The first kappa shape index (κ1) is 12.5. The average Bonchev–Trinajstić information content (AvgIpc) is 2.25. The van der Waals surface area contributed by atoms with Crippen LogP contribution in [-0.2, 0) is 4.79 Å². The number of carbonyl (C=O) groups is 1. The molecule has 2 N–H and O–H groups in total. The van der Waals surface area contributed by atoms with Gasteiger partial charge in [0.15, 0.2) is 0 Å². The normalized spacial score (nSPS) is 20.1. The van der Waals surface area contributed by atoms with Gasteiger partial charge in [0.25, 0.3) is 0 Å². The number of carboxylic acids is 1. The van der Waals surface area contributed by atoms with Crippen LogP contribution in [0.4, 0.5) is 0 Å². The molecule has 88 valence electrons. The Labute approximate surface area is 91.6 Å². The molecule has 0 amide bonds. The van der Waals surface area contributed by atoms with E-state index in [4.69, 9.17) is 5.11 Å². The highest BCUT2D eigenvalue weighted by molar-refractivity contribution is 5.72. The molecule has 0 bridgehead atoms. The fourth-order valence-electron chi connectivity index (χ4n) is 1.89. The number of hydrogen-bond acceptors (Lipinski definition) is 3. The standard InChI is InChI=1S/C11H22N2O2/c1-10(11(14)15)12-6-5-9-13-7-3-2-4-8-13/h10,12H,2-9H2,1H3,(H,14,15). The van der Waals surface area contributed by atoms with Crippen LogP contribution in [0.3, 0.4) is 0 Å². The molecule has 1 rings (SSSR count). The third-order valence-corrected chi connectivity index (χ3v) is 2.92. The highest BCUT2D eigenvalue weighted by Gasteiger charge is 2.11. The van der Waals surface area contributed by atoms with E-state index in [0.29, 0.717) is 0 Å². The van der Waals surface area contributed by atoms with Crippen LogP contribution >= 0.6 is 0 Å². The Morgan fingerprint density at radius 3 is 2.67 bits per heavy atom. The summed E-state index contributed by atoms with van der Waals surface area (Å²) in [7, 11) is 0. The summed E-state index contributed by atoms with van der Waals surface area (Å²) in [6.45, 7) is 6.01. The zero-order valence-corrected chi connectivity index (χ0v) is 9.54. The molecule has 0 spiro atoms. The highest BCUT2D eigenvalue weighted by atomic mass is 16.4. The fourth-order valence-corrected chi connectivity index (χ4v) is 1.89. The van der Waals surface area contributed by atoms with Crippen LogP contribution in [0, 0.1) is 0 Å². The SMILES string of the molecule is CC(NCCCN1CCCCC1)C(=O)O. The quantitative estimate of drug-likeness (QED) is 0.646. The maximum atomic E-state index is 10.5. The van der Waals surface area contributed by atoms with Crippen LogP contribution in [0.25, 0.3) is 0 Å². The van der Waals surface area contributed by atoms with Gasteiger partial charge >= 0.3 is 5.97 Å². The van der Waals surface area contributed by atoms with E-state index >= 15 is 0 Å². The average molecular weight is 214 g/mol. The second-order valence-electron chi connectivity index (χ2n) is 4.27. The van der Waals surface area contributed by atoms with Gasteiger partial charge in [0.2, 0.25) is 0 Å². The Morgan fingerprint density at radius 2 is 2.07 bits per heavy atom. The Hall–Kier alpha value is -0.610. The minimum atomic E-state index is -0.770. The van der Waals surface area contributed by atoms with Gasteiger partial charge in [-0.25, -0.2) is 0 Å². The number of nitrogens with zero attached hydrogens (tertiary/aromatic N) is 1. The van der Waals surface area contributed by atoms with Gasteiger partial charge in [-0.3, -0.25) is 4.79 Å². The van der Waals surface area contributed by atoms with Gasteiger partial charge in [0, 0.05) is 0 Å². The second-order valence-corrected chi connectivity index (χ2v) is 4.27. The molecule has 0 radical (unpaired) electrons. The third kappa shape index (κ3) is 5.14. The monoisotopic (exact) mass is 214 g/mol. The molecule has 1 unspecified atom stereocenters. The summed E-state index contributed by atoms with van der Waals surface area (Å²) in [6, 6.07) is -0.425.